The summed E-state index contributed by atoms with van der Waals surface area (Å²) in [5.41, 5.74) is 4.35. The number of carboxylic acid groups (broad SMARTS) is 1. The van der Waals surface area contributed by atoms with E-state index in [4.69, 9.17) is 37.9 Å². The molecule has 4 unspecified atom stereocenters. The zero-order valence-corrected chi connectivity index (χ0v) is 39.3. The Hall–Kier alpha value is -4.22. The zero-order valence-electron chi connectivity index (χ0n) is 37.3. The molecule has 1 aliphatic heterocycles. The molecule has 11 nitrogen and oxygen atoms in total. The number of carbonyl (C=O) groups is 1. The van der Waals surface area contributed by atoms with Crippen LogP contribution in [0.2, 0.25) is 39.3 Å². The Morgan fingerprint density at radius 1 is 0.607 bits per heavy atom. The number of rotatable bonds is 24. The summed E-state index contributed by atoms with van der Waals surface area (Å²) in [6, 6.07) is 33.5. The lowest BCUT2D eigenvalue weighted by atomic mass is 9.84. The molecule has 4 atom stereocenters. The minimum Gasteiger partial charge on any atom is -0.494 e. The molecule has 1 fully saturated rings. The monoisotopic (exact) mass is 873 g/mol. The molecule has 1 saturated heterocycles. The van der Waals surface area contributed by atoms with Crippen molar-refractivity contribution in [3.63, 3.8) is 0 Å². The highest BCUT2D eigenvalue weighted by atomic mass is 28.3. The second kappa shape index (κ2) is 23.3. The number of amides is 1. The maximum absolute atomic E-state index is 12.5. The van der Waals surface area contributed by atoms with E-state index in [-0.39, 0.29) is 57.3 Å². The van der Waals surface area contributed by atoms with Gasteiger partial charge in [0.25, 0.3) is 0 Å². The van der Waals surface area contributed by atoms with Gasteiger partial charge in [-0.3, -0.25) is 0 Å². The maximum atomic E-state index is 12.5. The van der Waals surface area contributed by atoms with Crippen LogP contribution in [-0.4, -0.2) is 95.8 Å². The lowest BCUT2D eigenvalue weighted by molar-refractivity contribution is -0.0937. The van der Waals surface area contributed by atoms with Crippen molar-refractivity contribution in [2.45, 2.75) is 109 Å². The molecule has 1 heterocycles. The molecule has 0 spiro atoms. The van der Waals surface area contributed by atoms with Crippen molar-refractivity contribution in [3.8, 4) is 17.2 Å². The van der Waals surface area contributed by atoms with Gasteiger partial charge in [0, 0.05) is 23.8 Å². The summed E-state index contributed by atoms with van der Waals surface area (Å²) in [6.45, 7) is 20.8. The fourth-order valence-corrected chi connectivity index (χ4v) is 7.59. The van der Waals surface area contributed by atoms with Crippen molar-refractivity contribution in [2.75, 3.05) is 39.9 Å². The van der Waals surface area contributed by atoms with Gasteiger partial charge in [-0.05, 0) is 72.5 Å². The van der Waals surface area contributed by atoms with Crippen LogP contribution in [0.3, 0.4) is 0 Å². The Balaban J connectivity index is 1.24. The molecule has 0 bridgehead atoms. The molecule has 5 rings (SSSR count). The van der Waals surface area contributed by atoms with E-state index in [0.29, 0.717) is 31.3 Å². The highest BCUT2D eigenvalue weighted by Gasteiger charge is 2.41. The fraction of sp³-hybridized carbons (Fsp3) is 0.479. The second-order valence-corrected chi connectivity index (χ2v) is 29.0. The van der Waals surface area contributed by atoms with Crippen LogP contribution in [0.4, 0.5) is 4.79 Å². The standard InChI is InChI=1S/C48H67NO10Si2/c1-36(60(3,4)5)56-34-58-43-21-15-39(16-22-43)32-54-45-29-49(48(50)51)30-46(55-33-40-17-23-44(24-18-40)59-35-57-37(2)61(6,7)8)47(45)41-19-25-42(26-20-41)53-28-12-27-52-31-38-13-10-9-11-14-38/h9-11,13-26,36-37,45-47H,12,27-35H2,1-8H3,(H,50,51). The van der Waals surface area contributed by atoms with Crippen LogP contribution in [0.25, 0.3) is 0 Å². The van der Waals surface area contributed by atoms with Crippen LogP contribution in [0.5, 0.6) is 17.2 Å². The van der Waals surface area contributed by atoms with Gasteiger partial charge in [-0.1, -0.05) is 106 Å². The van der Waals surface area contributed by atoms with E-state index in [1.54, 1.807) is 0 Å². The first kappa shape index (κ1) is 47.8. The summed E-state index contributed by atoms with van der Waals surface area (Å²) in [5.74, 6) is 1.89. The van der Waals surface area contributed by atoms with Gasteiger partial charge in [0.2, 0.25) is 0 Å². The molecule has 4 aromatic carbocycles. The Morgan fingerprint density at radius 2 is 1.05 bits per heavy atom. The highest BCUT2D eigenvalue weighted by molar-refractivity contribution is 6.77. The average Bonchev–Trinajstić information content (AvgIpc) is 3.24. The van der Waals surface area contributed by atoms with Crippen LogP contribution in [0.1, 0.15) is 48.4 Å². The van der Waals surface area contributed by atoms with Gasteiger partial charge in [0.15, 0.2) is 13.6 Å². The van der Waals surface area contributed by atoms with E-state index in [9.17, 15) is 9.90 Å². The summed E-state index contributed by atoms with van der Waals surface area (Å²) in [7, 11) is -2.85. The number of ether oxygens (including phenoxy) is 8. The molecule has 1 amide bonds. The molecule has 0 aliphatic carbocycles. The van der Waals surface area contributed by atoms with E-state index >= 15 is 0 Å². The number of hydrogen-bond acceptors (Lipinski definition) is 9. The Labute approximate surface area is 365 Å². The highest BCUT2D eigenvalue weighted by Crippen LogP contribution is 2.35. The number of hydrogen-bond donors (Lipinski definition) is 1. The first-order chi connectivity index (χ1) is 29.2. The number of piperidine rings is 1. The summed E-state index contributed by atoms with van der Waals surface area (Å²) in [6.07, 6.45) is -1.25. The smallest absolute Gasteiger partial charge is 0.407 e. The molecule has 13 heteroatoms. The molecule has 1 N–H and O–H groups in total. The summed E-state index contributed by atoms with van der Waals surface area (Å²) < 4.78 is 48.7. The Kier molecular flexibility index (Phi) is 18.3. The van der Waals surface area contributed by atoms with Gasteiger partial charge in [-0.25, -0.2) is 4.79 Å². The largest absolute Gasteiger partial charge is 0.494 e. The summed E-state index contributed by atoms with van der Waals surface area (Å²) >= 11 is 0. The van der Waals surface area contributed by atoms with Gasteiger partial charge in [-0.15, -0.1) is 0 Å². The van der Waals surface area contributed by atoms with Gasteiger partial charge in [0.05, 0.1) is 74.5 Å². The van der Waals surface area contributed by atoms with Crippen molar-refractivity contribution < 1.29 is 47.8 Å². The van der Waals surface area contributed by atoms with E-state index in [0.717, 1.165) is 34.4 Å². The van der Waals surface area contributed by atoms with E-state index < -0.39 is 34.4 Å². The number of likely N-dealkylation sites (tertiary alicyclic amines) is 1. The van der Waals surface area contributed by atoms with Crippen LogP contribution < -0.4 is 14.2 Å². The minimum absolute atomic E-state index is 0.176. The minimum atomic E-state index is -1.43. The molecule has 4 aromatic rings. The average molecular weight is 874 g/mol. The van der Waals surface area contributed by atoms with Gasteiger partial charge in [0.1, 0.15) is 17.2 Å². The molecule has 1 aliphatic rings. The fourth-order valence-electron chi connectivity index (χ4n) is 6.45. The van der Waals surface area contributed by atoms with Crippen molar-refractivity contribution in [1.82, 2.24) is 4.90 Å². The number of nitrogens with zero attached hydrogens (tertiary/aromatic N) is 1. The van der Waals surface area contributed by atoms with Crippen molar-refractivity contribution in [3.05, 3.63) is 125 Å². The molecular formula is C48H67NO10Si2. The third-order valence-corrected chi connectivity index (χ3v) is 16.5. The molecule has 61 heavy (non-hydrogen) atoms. The first-order valence-corrected chi connectivity index (χ1v) is 28.5. The van der Waals surface area contributed by atoms with Crippen LogP contribution in [-0.2, 0) is 43.5 Å². The van der Waals surface area contributed by atoms with Crippen molar-refractivity contribution in [1.29, 1.82) is 0 Å². The third-order valence-electron chi connectivity index (χ3n) is 11.3. The van der Waals surface area contributed by atoms with Crippen LogP contribution >= 0.6 is 0 Å². The SMILES string of the molecule is CC(OCOc1ccc(COC2CN(C(=O)O)CC(OCc3ccc(OCOC(C)[Si](C)(C)C)cc3)C2c2ccc(OCCCOCc3ccccc3)cc2)cc1)[Si](C)(C)C. The van der Waals surface area contributed by atoms with Crippen molar-refractivity contribution in [2.24, 2.45) is 0 Å². The lowest BCUT2D eigenvalue weighted by Crippen LogP contribution is -2.54. The predicted molar refractivity (Wildman–Crippen MR) is 244 cm³/mol. The first-order valence-electron chi connectivity index (χ1n) is 21.4. The molecule has 0 saturated carbocycles. The van der Waals surface area contributed by atoms with Crippen LogP contribution in [0, 0.1) is 0 Å². The third kappa shape index (κ3) is 15.9. The Bertz CT molecular complexity index is 1790. The van der Waals surface area contributed by atoms with Gasteiger partial charge in [-0.2, -0.15) is 0 Å². The van der Waals surface area contributed by atoms with Crippen LogP contribution in [0.15, 0.2) is 103 Å². The van der Waals surface area contributed by atoms with E-state index in [1.807, 2.05) is 91.0 Å². The molecule has 0 radical (unpaired) electrons. The Morgan fingerprint density at radius 3 is 1.51 bits per heavy atom. The van der Waals surface area contributed by atoms with Crippen molar-refractivity contribution >= 4 is 22.2 Å². The van der Waals surface area contributed by atoms with Gasteiger partial charge < -0.3 is 47.9 Å². The molecule has 332 valence electrons. The topological polar surface area (TPSA) is 114 Å². The maximum Gasteiger partial charge on any atom is 0.407 e. The van der Waals surface area contributed by atoms with Gasteiger partial charge >= 0.3 is 6.09 Å². The quantitative estimate of drug-likeness (QED) is 0.0415. The predicted octanol–water partition coefficient (Wildman–Crippen LogP) is 10.2. The normalized spacial score (nSPS) is 18.0. The second-order valence-electron chi connectivity index (χ2n) is 17.9. The summed E-state index contributed by atoms with van der Waals surface area (Å²) in [5, 5.41) is 10.2. The molecule has 0 aromatic heterocycles. The molecular weight excluding hydrogens is 807 g/mol. The summed E-state index contributed by atoms with van der Waals surface area (Å²) in [4.78, 5) is 13.9. The lowest BCUT2D eigenvalue weighted by Gasteiger charge is -2.42. The number of benzene rings is 4. The zero-order chi connectivity index (χ0) is 43.8. The van der Waals surface area contributed by atoms with E-state index in [2.05, 4.69) is 65.3 Å². The van der Waals surface area contributed by atoms with E-state index in [1.165, 1.54) is 4.90 Å².